The Morgan fingerprint density at radius 1 is 0.676 bits per heavy atom. The quantitative estimate of drug-likeness (QED) is 0.0224. The average molecular weight is 1530 g/mol. The van der Waals surface area contributed by atoms with Gasteiger partial charge in [0.15, 0.2) is 45.6 Å². The summed E-state index contributed by atoms with van der Waals surface area (Å²) in [5, 5.41) is 6.57. The van der Waals surface area contributed by atoms with Gasteiger partial charge in [0.2, 0.25) is 0 Å². The minimum atomic E-state index is -2.43. The van der Waals surface area contributed by atoms with Crippen LogP contribution < -0.4 is 21.1 Å². The number of amides is 5. The van der Waals surface area contributed by atoms with Crippen molar-refractivity contribution < 1.29 is 75.5 Å². The Bertz CT molecular complexity index is 3920. The monoisotopic (exact) mass is 1530 g/mol. The van der Waals surface area contributed by atoms with Crippen LogP contribution in [0.25, 0.3) is 11.2 Å². The van der Waals surface area contributed by atoms with Gasteiger partial charge in [-0.3, -0.25) is 9.47 Å². The number of carbonyl (C=O) groups is 5. The van der Waals surface area contributed by atoms with E-state index in [1.165, 1.54) is 16.1 Å². The molecule has 9 rings (SSSR count). The number of urea groups is 1. The average Bonchev–Trinajstić information content (AvgIpc) is 1.67. The molecule has 4 aliphatic heterocycles. The maximum absolute atomic E-state index is 15.3. The molecule has 108 heavy (non-hydrogen) atoms. The Hall–Kier alpha value is -7.55. The summed E-state index contributed by atoms with van der Waals surface area (Å²) in [6, 6.07) is 25.9. The highest BCUT2D eigenvalue weighted by molar-refractivity contribution is 6.74. The summed E-state index contributed by atoms with van der Waals surface area (Å²) in [6.07, 6.45) is -4.43. The Morgan fingerprint density at radius 3 is 1.75 bits per heavy atom. The van der Waals surface area contributed by atoms with E-state index in [1.807, 2.05) is 74.5 Å². The molecule has 2 aromatic heterocycles. The van der Waals surface area contributed by atoms with Gasteiger partial charge in [0.05, 0.1) is 38.8 Å². The first kappa shape index (κ1) is 84.5. The number of nitrogens with zero attached hydrogens (tertiary/aromatic N) is 7. The zero-order valence-corrected chi connectivity index (χ0v) is 70.3. The van der Waals surface area contributed by atoms with Gasteiger partial charge < -0.3 is 72.8 Å². The number of fused-ring (bicyclic) bond motifs is 2. The number of carbonyl (C=O) groups excluding carboxylic acids is 5. The van der Waals surface area contributed by atoms with Gasteiger partial charge in [-0.2, -0.15) is 4.90 Å². The number of esters is 1. The highest BCUT2D eigenvalue weighted by Gasteiger charge is 2.57. The fourth-order valence-corrected chi connectivity index (χ4v) is 15.6. The van der Waals surface area contributed by atoms with Crippen LogP contribution >= 0.6 is 0 Å². The van der Waals surface area contributed by atoms with E-state index in [9.17, 15) is 14.4 Å². The van der Waals surface area contributed by atoms with Gasteiger partial charge in [-0.05, 0) is 187 Å². The number of anilines is 1. The van der Waals surface area contributed by atoms with E-state index in [0.717, 1.165) is 16.7 Å². The number of methoxy groups -OCH3 is 1. The number of nitrogens with two attached hydrogens (primary N) is 1. The fraction of sp³-hybridized carbons (Fsp3) is 0.625. The minimum absolute atomic E-state index is 0.00959. The number of hydrogen-bond acceptors (Lipinski definition) is 21. The SMILES string of the molecule is COc1ccc(C(Nc2ncnc3c2ncn3[C@@H]2O[C@H](CC(CCC(C(=O)OC(C)(C)C)N(C(=O)OC(C)(C)C)C(=O)OC(C)(C)C)CN(CC3=CN([C@H]4C[C@H](O[Si](C)(C)C(C)(C)C)[C@@H](CO[Si](C)(C)C(C)(C)C)O4)C(=O)NC3N)C(=O)OC(C)(C)C)[C@H]3OC(C)(C)O[C@H]32)(c2ccccc2)c2ccccc2)cc1. The van der Waals surface area contributed by atoms with Crippen LogP contribution in [0.5, 0.6) is 5.75 Å². The summed E-state index contributed by atoms with van der Waals surface area (Å²) in [4.78, 5) is 92.7. The zero-order chi connectivity index (χ0) is 79.9. The molecule has 594 valence electrons. The smallest absolute Gasteiger partial charge is 0.420 e. The summed E-state index contributed by atoms with van der Waals surface area (Å²) in [6.45, 7) is 45.6. The van der Waals surface area contributed by atoms with E-state index in [2.05, 4.69) is 103 Å². The van der Waals surface area contributed by atoms with Crippen LogP contribution in [-0.2, 0) is 57.1 Å². The van der Waals surface area contributed by atoms with Gasteiger partial charge in [0.1, 0.15) is 76.8 Å². The lowest BCUT2D eigenvalue weighted by molar-refractivity contribution is -0.198. The number of hydrogen-bond donors (Lipinski definition) is 3. The molecule has 28 heteroatoms. The van der Waals surface area contributed by atoms with Crippen LogP contribution in [-0.4, -0.2) is 185 Å². The van der Waals surface area contributed by atoms with Crippen molar-refractivity contribution in [2.24, 2.45) is 11.7 Å². The summed E-state index contributed by atoms with van der Waals surface area (Å²) < 4.78 is 73.5. The molecule has 4 aliphatic rings. The van der Waals surface area contributed by atoms with E-state index < -0.39 is 142 Å². The van der Waals surface area contributed by atoms with Gasteiger partial charge in [-0.1, -0.05) is 114 Å². The number of ether oxygens (including phenoxy) is 9. The van der Waals surface area contributed by atoms with Crippen LogP contribution in [0.4, 0.5) is 25.0 Å². The standard InChI is InChI=1S/C80H120N10O16Si2/c1-73(2,3)102-68(91)56(90(71(94)104-75(7,8)9)72(95)105-76(10,11)12)41-36-50(44-87(70(93)103-74(4,5)6)45-51-46-88(69(92)85-64(51)81)60-43-57(106-108(24,25)78(16,17)18)59(98-60)47-97-107(22,23)77(13,14)15)42-58-62-63(101-79(19,20)100-62)67(99-58)89-49-84-61-65(82-48-83-66(61)89)86-80(52-32-28-26-29-33-52,53-34-30-27-31-35-53)54-37-39-55(96-21)40-38-54/h26-35,37-40,46,48-50,56-60,62-64,67H,36,41-45,47,81H2,1-25H3,(H,85,92)(H,82,83,86)/t50?,56?,57-,58+,59+,60+,62+,63+,64?,67+/m0/s1. The molecular formula is C80H120N10O16Si2. The molecule has 0 saturated carbocycles. The predicted octanol–water partition coefficient (Wildman–Crippen LogP) is 15.3. The van der Waals surface area contributed by atoms with Crippen molar-refractivity contribution in [2.75, 3.05) is 32.1 Å². The second-order valence-corrected chi connectivity index (χ2v) is 45.9. The molecular weight excluding hydrogens is 1410 g/mol. The third-order valence-corrected chi connectivity index (χ3v) is 29.5. The van der Waals surface area contributed by atoms with Gasteiger partial charge in [0, 0.05) is 24.7 Å². The van der Waals surface area contributed by atoms with Crippen molar-refractivity contribution in [3.63, 3.8) is 0 Å². The maximum Gasteiger partial charge on any atom is 0.420 e. The van der Waals surface area contributed by atoms with Crippen LogP contribution in [0, 0.1) is 5.92 Å². The van der Waals surface area contributed by atoms with Crippen LogP contribution in [0.1, 0.15) is 187 Å². The lowest BCUT2D eigenvalue weighted by Crippen LogP contribution is -2.57. The highest BCUT2D eigenvalue weighted by Crippen LogP contribution is 2.48. The maximum atomic E-state index is 15.3. The van der Waals surface area contributed by atoms with Crippen LogP contribution in [0.2, 0.25) is 36.3 Å². The lowest BCUT2D eigenvalue weighted by atomic mass is 9.77. The number of rotatable bonds is 24. The van der Waals surface area contributed by atoms with E-state index in [4.69, 9.17) is 72.2 Å². The van der Waals surface area contributed by atoms with Gasteiger partial charge in [-0.25, -0.2) is 38.9 Å². The molecule has 0 spiro atoms. The molecule has 3 fully saturated rings. The van der Waals surface area contributed by atoms with Crippen molar-refractivity contribution in [1.29, 1.82) is 0 Å². The molecule has 10 atom stereocenters. The van der Waals surface area contributed by atoms with E-state index in [1.54, 1.807) is 107 Å². The molecule has 3 aromatic carbocycles. The number of nitrogens with one attached hydrogen (secondary N) is 2. The highest BCUT2D eigenvalue weighted by atomic mass is 28.4. The van der Waals surface area contributed by atoms with Crippen molar-refractivity contribution in [3.8, 4) is 5.75 Å². The number of imidazole rings is 1. The minimum Gasteiger partial charge on any atom is -0.497 e. The lowest BCUT2D eigenvalue weighted by Gasteiger charge is -2.40. The molecule has 0 aliphatic carbocycles. The van der Waals surface area contributed by atoms with Gasteiger partial charge >= 0.3 is 30.3 Å². The number of aromatic nitrogens is 4. The first-order valence-corrected chi connectivity index (χ1v) is 43.4. The van der Waals surface area contributed by atoms with Crippen LogP contribution in [0.15, 0.2) is 109 Å². The summed E-state index contributed by atoms with van der Waals surface area (Å²) in [7, 11) is -3.10. The van der Waals surface area contributed by atoms with Crippen molar-refractivity contribution in [1.82, 2.24) is 39.5 Å². The van der Waals surface area contributed by atoms with Crippen LogP contribution in [0.3, 0.4) is 0 Å². The molecule has 6 heterocycles. The van der Waals surface area contributed by atoms with Crippen molar-refractivity contribution >= 4 is 63.9 Å². The Kier molecular flexibility index (Phi) is 25.1. The summed E-state index contributed by atoms with van der Waals surface area (Å²) >= 11 is 0. The molecule has 5 aromatic rings. The normalized spacial score (nSPS) is 22.2. The molecule has 0 bridgehead atoms. The first-order chi connectivity index (χ1) is 49.9. The third kappa shape index (κ3) is 20.3. The largest absolute Gasteiger partial charge is 0.497 e. The summed E-state index contributed by atoms with van der Waals surface area (Å²) in [5.74, 6) is -1.72. The molecule has 3 unspecified atom stereocenters. The Morgan fingerprint density at radius 2 is 1.21 bits per heavy atom. The molecule has 0 radical (unpaired) electrons. The molecule has 4 N–H and O–H groups in total. The Labute approximate surface area is 640 Å². The number of benzene rings is 3. The van der Waals surface area contributed by atoms with E-state index in [0.29, 0.717) is 39.6 Å². The summed E-state index contributed by atoms with van der Waals surface area (Å²) in [5.41, 5.74) is 5.47. The van der Waals surface area contributed by atoms with Crippen molar-refractivity contribution in [2.45, 2.75) is 289 Å². The van der Waals surface area contributed by atoms with E-state index >= 15 is 9.59 Å². The molecule has 5 amide bonds. The predicted molar refractivity (Wildman–Crippen MR) is 416 cm³/mol. The number of imide groups is 1. The second-order valence-electron chi connectivity index (χ2n) is 36.3. The van der Waals surface area contributed by atoms with E-state index in [-0.39, 0.29) is 49.0 Å². The van der Waals surface area contributed by atoms with Gasteiger partial charge in [-0.15, -0.1) is 0 Å². The van der Waals surface area contributed by atoms with Gasteiger partial charge in [0.25, 0.3) is 0 Å². The third-order valence-electron chi connectivity index (χ3n) is 20.5. The second kappa shape index (κ2) is 32.0. The molecule has 26 nitrogen and oxygen atoms in total. The topological polar surface area (TPSA) is 290 Å². The first-order valence-electron chi connectivity index (χ1n) is 37.6. The fourth-order valence-electron chi connectivity index (χ4n) is 13.2. The van der Waals surface area contributed by atoms with Crippen molar-refractivity contribution in [3.05, 3.63) is 126 Å². The molecule has 3 saturated heterocycles. The Balaban J connectivity index is 1.14. The zero-order valence-electron chi connectivity index (χ0n) is 68.3.